The zero-order chi connectivity index (χ0) is 17.5. The minimum atomic E-state index is 0.128. The molecule has 1 fully saturated rings. The first-order valence-electron chi connectivity index (χ1n) is 8.78. The van der Waals surface area contributed by atoms with Gasteiger partial charge in [-0.15, -0.1) is 5.10 Å². The molecule has 1 saturated carbocycles. The summed E-state index contributed by atoms with van der Waals surface area (Å²) in [5.41, 5.74) is 0. The molecule has 25 heavy (non-hydrogen) atoms. The fourth-order valence-corrected chi connectivity index (χ4v) is 3.63. The van der Waals surface area contributed by atoms with Crippen LogP contribution in [0.15, 0.2) is 21.7 Å². The Kier molecular flexibility index (Phi) is 6.33. The monoisotopic (exact) mass is 360 g/mol. The third kappa shape index (κ3) is 5.77. The first-order chi connectivity index (χ1) is 12.2. The standard InChI is InChI=1S/C18H24N4O2S/c1-13-7-8-15(24-13)9-10-16-20-18(22-21-16)25-12-11-17(23)19-14-5-3-2-4-6-14/h7-10,14H,2-6,11-12H2,1H3,(H,19,23)(H,20,21,22)/b10-9+. The minimum absolute atomic E-state index is 0.128. The predicted molar refractivity (Wildman–Crippen MR) is 99.1 cm³/mol. The SMILES string of the molecule is Cc1ccc(/C=C/c2nc(SCCC(=O)NC3CCCCC3)n[nH]2)o1. The van der Waals surface area contributed by atoms with Gasteiger partial charge in [0.2, 0.25) is 11.1 Å². The maximum absolute atomic E-state index is 12.0. The highest BCUT2D eigenvalue weighted by atomic mass is 32.2. The molecule has 7 heteroatoms. The quantitative estimate of drug-likeness (QED) is 0.734. The summed E-state index contributed by atoms with van der Waals surface area (Å²) in [5.74, 6) is 3.13. The van der Waals surface area contributed by atoms with Gasteiger partial charge in [0, 0.05) is 18.2 Å². The molecule has 3 rings (SSSR count). The van der Waals surface area contributed by atoms with Crippen LogP contribution in [0.3, 0.4) is 0 Å². The number of carbonyl (C=O) groups is 1. The molecule has 2 N–H and O–H groups in total. The van der Waals surface area contributed by atoms with Gasteiger partial charge in [0.1, 0.15) is 17.3 Å². The van der Waals surface area contributed by atoms with Gasteiger partial charge in [0.05, 0.1) is 0 Å². The van der Waals surface area contributed by atoms with Crippen molar-refractivity contribution in [1.29, 1.82) is 0 Å². The Morgan fingerprint density at radius 1 is 1.36 bits per heavy atom. The second-order valence-electron chi connectivity index (χ2n) is 6.29. The Hall–Kier alpha value is -2.02. The highest BCUT2D eigenvalue weighted by Gasteiger charge is 2.15. The van der Waals surface area contributed by atoms with Gasteiger partial charge < -0.3 is 9.73 Å². The normalized spacial score (nSPS) is 15.7. The number of amides is 1. The van der Waals surface area contributed by atoms with Crippen LogP contribution < -0.4 is 5.32 Å². The lowest BCUT2D eigenvalue weighted by molar-refractivity contribution is -0.121. The maximum atomic E-state index is 12.0. The molecule has 2 aromatic heterocycles. The number of hydrogen-bond acceptors (Lipinski definition) is 5. The molecule has 2 aromatic rings. The molecule has 1 aliphatic carbocycles. The van der Waals surface area contributed by atoms with E-state index in [0.29, 0.717) is 29.2 Å². The van der Waals surface area contributed by atoms with Gasteiger partial charge in [0.15, 0.2) is 0 Å². The van der Waals surface area contributed by atoms with Crippen molar-refractivity contribution in [3.05, 3.63) is 29.5 Å². The lowest BCUT2D eigenvalue weighted by Crippen LogP contribution is -2.36. The summed E-state index contributed by atoms with van der Waals surface area (Å²) in [5, 5.41) is 10.8. The maximum Gasteiger partial charge on any atom is 0.221 e. The molecule has 0 spiro atoms. The summed E-state index contributed by atoms with van der Waals surface area (Å²) in [6, 6.07) is 4.19. The molecule has 2 heterocycles. The molecule has 1 aliphatic rings. The van der Waals surface area contributed by atoms with Crippen molar-refractivity contribution in [2.24, 2.45) is 0 Å². The Morgan fingerprint density at radius 2 is 2.20 bits per heavy atom. The largest absolute Gasteiger partial charge is 0.462 e. The van der Waals surface area contributed by atoms with Crippen LogP contribution in [0.1, 0.15) is 55.9 Å². The fourth-order valence-electron chi connectivity index (χ4n) is 2.88. The van der Waals surface area contributed by atoms with Crippen molar-refractivity contribution in [2.75, 3.05) is 5.75 Å². The lowest BCUT2D eigenvalue weighted by atomic mass is 9.95. The third-order valence-electron chi connectivity index (χ3n) is 4.18. The molecular weight excluding hydrogens is 336 g/mol. The fraction of sp³-hybridized carbons (Fsp3) is 0.500. The first kappa shape index (κ1) is 17.8. The topological polar surface area (TPSA) is 83.8 Å². The molecule has 0 aliphatic heterocycles. The number of nitrogens with zero attached hydrogens (tertiary/aromatic N) is 2. The second kappa shape index (κ2) is 8.89. The van der Waals surface area contributed by atoms with Crippen LogP contribution in [0.25, 0.3) is 12.2 Å². The number of aromatic nitrogens is 3. The van der Waals surface area contributed by atoms with E-state index in [2.05, 4.69) is 20.5 Å². The van der Waals surface area contributed by atoms with Crippen molar-refractivity contribution >= 4 is 29.8 Å². The molecule has 0 aromatic carbocycles. The summed E-state index contributed by atoms with van der Waals surface area (Å²) < 4.78 is 5.47. The second-order valence-corrected chi connectivity index (χ2v) is 7.35. The van der Waals surface area contributed by atoms with Crippen LogP contribution in [0.4, 0.5) is 0 Å². The van der Waals surface area contributed by atoms with Crippen molar-refractivity contribution in [3.8, 4) is 0 Å². The number of nitrogens with one attached hydrogen (secondary N) is 2. The zero-order valence-electron chi connectivity index (χ0n) is 14.5. The summed E-state index contributed by atoms with van der Waals surface area (Å²) in [6.07, 6.45) is 10.1. The number of hydrogen-bond donors (Lipinski definition) is 2. The van der Waals surface area contributed by atoms with Gasteiger partial charge >= 0.3 is 0 Å². The number of aryl methyl sites for hydroxylation is 1. The van der Waals surface area contributed by atoms with E-state index in [1.165, 1.54) is 31.0 Å². The molecule has 0 atom stereocenters. The van der Waals surface area contributed by atoms with Crippen LogP contribution in [0.2, 0.25) is 0 Å². The highest BCUT2D eigenvalue weighted by Crippen LogP contribution is 2.18. The molecular formula is C18H24N4O2S. The van der Waals surface area contributed by atoms with Crippen molar-refractivity contribution < 1.29 is 9.21 Å². The first-order valence-corrected chi connectivity index (χ1v) is 9.77. The van der Waals surface area contributed by atoms with Gasteiger partial charge in [0.25, 0.3) is 0 Å². The molecule has 0 unspecified atom stereocenters. The van der Waals surface area contributed by atoms with Gasteiger partial charge in [-0.2, -0.15) is 0 Å². The Labute approximate surface area is 151 Å². The van der Waals surface area contributed by atoms with E-state index in [9.17, 15) is 4.79 Å². The van der Waals surface area contributed by atoms with Crippen molar-refractivity contribution in [3.63, 3.8) is 0 Å². The van der Waals surface area contributed by atoms with Crippen LogP contribution in [-0.4, -0.2) is 32.9 Å². The number of rotatable bonds is 7. The van der Waals surface area contributed by atoms with Crippen LogP contribution >= 0.6 is 11.8 Å². The van der Waals surface area contributed by atoms with Gasteiger partial charge in [-0.3, -0.25) is 9.89 Å². The predicted octanol–water partition coefficient (Wildman–Crippen LogP) is 3.81. The van der Waals surface area contributed by atoms with E-state index in [1.807, 2.05) is 31.2 Å². The summed E-state index contributed by atoms with van der Waals surface area (Å²) in [7, 11) is 0. The van der Waals surface area contributed by atoms with E-state index in [0.717, 1.165) is 24.4 Å². The summed E-state index contributed by atoms with van der Waals surface area (Å²) in [4.78, 5) is 16.4. The average molecular weight is 360 g/mol. The Morgan fingerprint density at radius 3 is 2.96 bits per heavy atom. The van der Waals surface area contributed by atoms with Crippen molar-refractivity contribution in [2.45, 2.75) is 56.6 Å². The van der Waals surface area contributed by atoms with Crippen LogP contribution in [-0.2, 0) is 4.79 Å². The third-order valence-corrected chi connectivity index (χ3v) is 5.03. The van der Waals surface area contributed by atoms with Gasteiger partial charge in [-0.1, -0.05) is 31.0 Å². The molecule has 0 bridgehead atoms. The molecule has 0 saturated heterocycles. The summed E-state index contributed by atoms with van der Waals surface area (Å²) in [6.45, 7) is 1.91. The molecule has 6 nitrogen and oxygen atoms in total. The Bertz CT molecular complexity index is 716. The smallest absolute Gasteiger partial charge is 0.221 e. The number of furan rings is 1. The molecule has 134 valence electrons. The van der Waals surface area contributed by atoms with Crippen molar-refractivity contribution in [1.82, 2.24) is 20.5 Å². The number of carbonyl (C=O) groups excluding carboxylic acids is 1. The average Bonchev–Trinajstić information content (AvgIpc) is 3.23. The zero-order valence-corrected chi connectivity index (χ0v) is 15.3. The lowest BCUT2D eigenvalue weighted by Gasteiger charge is -2.22. The van der Waals surface area contributed by atoms with E-state index in [-0.39, 0.29) is 5.91 Å². The Balaban J connectivity index is 1.39. The minimum Gasteiger partial charge on any atom is -0.462 e. The van der Waals surface area contributed by atoms with E-state index < -0.39 is 0 Å². The van der Waals surface area contributed by atoms with Gasteiger partial charge in [-0.05, 0) is 44.1 Å². The van der Waals surface area contributed by atoms with E-state index in [4.69, 9.17) is 4.42 Å². The highest BCUT2D eigenvalue weighted by molar-refractivity contribution is 7.99. The van der Waals surface area contributed by atoms with E-state index >= 15 is 0 Å². The number of thioether (sulfide) groups is 1. The molecule has 1 amide bonds. The molecule has 0 radical (unpaired) electrons. The number of H-pyrrole nitrogens is 1. The van der Waals surface area contributed by atoms with Gasteiger partial charge in [-0.25, -0.2) is 4.98 Å². The summed E-state index contributed by atoms with van der Waals surface area (Å²) >= 11 is 1.49. The van der Waals surface area contributed by atoms with E-state index in [1.54, 1.807) is 0 Å². The van der Waals surface area contributed by atoms with Crippen LogP contribution in [0.5, 0.6) is 0 Å². The number of aromatic amines is 1. The van der Waals surface area contributed by atoms with Crippen LogP contribution in [0, 0.1) is 6.92 Å².